The smallest absolute Gasteiger partial charge is 0.407 e. The molecule has 0 bridgehead atoms. The second kappa shape index (κ2) is 13.9. The van der Waals surface area contributed by atoms with E-state index in [1.165, 1.54) is 6.08 Å². The van der Waals surface area contributed by atoms with Crippen molar-refractivity contribution in [2.45, 2.75) is 45.1 Å². The molecule has 4 atom stereocenters. The molecule has 2 heterocycles. The van der Waals surface area contributed by atoms with Gasteiger partial charge in [-0.15, -0.1) is 0 Å². The van der Waals surface area contributed by atoms with Crippen molar-refractivity contribution in [3.05, 3.63) is 138 Å². The van der Waals surface area contributed by atoms with E-state index in [1.807, 2.05) is 79.1 Å². The van der Waals surface area contributed by atoms with E-state index < -0.39 is 12.4 Å². The summed E-state index contributed by atoms with van der Waals surface area (Å²) in [6, 6.07) is 32.3. The Kier molecular flexibility index (Phi) is 9.35. The number of carbonyl (C=O) groups excluding carboxylic acids is 1. The number of aliphatic hydroxyl groups is 1. The van der Waals surface area contributed by atoms with E-state index in [-0.39, 0.29) is 31.3 Å². The minimum atomic E-state index is -0.604. The highest BCUT2D eigenvalue weighted by Gasteiger charge is 2.38. The van der Waals surface area contributed by atoms with Gasteiger partial charge in [-0.25, -0.2) is 9.78 Å². The molecule has 2 N–H and O–H groups in total. The molecule has 0 unspecified atom stereocenters. The number of ether oxygens (including phenoxy) is 3. The first kappa shape index (κ1) is 30.3. The number of aliphatic hydroxyl groups excluding tert-OH is 1. The van der Waals surface area contributed by atoms with Gasteiger partial charge in [0.05, 0.1) is 42.7 Å². The molecule has 8 heteroatoms. The summed E-state index contributed by atoms with van der Waals surface area (Å²) < 4.78 is 20.6. The third kappa shape index (κ3) is 6.99. The molecule has 8 nitrogen and oxygen atoms in total. The van der Waals surface area contributed by atoms with Gasteiger partial charge in [0.1, 0.15) is 6.61 Å². The molecule has 0 aliphatic carbocycles. The molecule has 1 aromatic heterocycles. The third-order valence-electron chi connectivity index (χ3n) is 8.22. The van der Waals surface area contributed by atoms with Crippen LogP contribution in [0.4, 0.5) is 4.79 Å². The van der Waals surface area contributed by atoms with Crippen LogP contribution in [0.15, 0.2) is 116 Å². The van der Waals surface area contributed by atoms with Gasteiger partial charge in [-0.2, -0.15) is 0 Å². The highest BCUT2D eigenvalue weighted by Crippen LogP contribution is 2.43. The molecule has 4 aromatic carbocycles. The fourth-order valence-electron chi connectivity index (χ4n) is 5.76. The largest absolute Gasteiger partial charge is 0.445 e. The molecule has 45 heavy (non-hydrogen) atoms. The maximum atomic E-state index is 11.9. The molecule has 1 saturated heterocycles. The number of rotatable bonds is 10. The van der Waals surface area contributed by atoms with E-state index in [1.54, 1.807) is 0 Å². The standard InChI is InChI=1S/C37H37N3O5/c1-3-18-43-37(42)38-21-27-8-6-9-29(19-27)30-10-7-11-31(20-30)36-44-34(22-40-24-39-32-12-4-5-13-33(32)40)25(2)35(45-36)28-16-14-26(23-41)15-17-28/h3-17,19-20,24-25,34-36,41H,1,18,21-23H2,2H3,(H,38,42)/t25-,34+,35+,36+/m0/s1. The van der Waals surface area contributed by atoms with Crippen molar-refractivity contribution in [2.75, 3.05) is 6.61 Å². The van der Waals surface area contributed by atoms with Gasteiger partial charge in [0, 0.05) is 18.0 Å². The van der Waals surface area contributed by atoms with Gasteiger partial charge < -0.3 is 29.2 Å². The van der Waals surface area contributed by atoms with Crippen LogP contribution in [0, 0.1) is 5.92 Å². The molecular formula is C37H37N3O5. The maximum Gasteiger partial charge on any atom is 0.407 e. The zero-order valence-electron chi connectivity index (χ0n) is 25.2. The Morgan fingerprint density at radius 1 is 0.956 bits per heavy atom. The lowest BCUT2D eigenvalue weighted by molar-refractivity contribution is -0.276. The summed E-state index contributed by atoms with van der Waals surface area (Å²) in [6.07, 6.45) is 1.93. The van der Waals surface area contributed by atoms with Crippen molar-refractivity contribution in [1.29, 1.82) is 0 Å². The number of aromatic nitrogens is 2. The van der Waals surface area contributed by atoms with Crippen molar-refractivity contribution in [1.82, 2.24) is 14.9 Å². The van der Waals surface area contributed by atoms with Crippen LogP contribution in [0.3, 0.4) is 0 Å². The molecule has 1 fully saturated rings. The Morgan fingerprint density at radius 3 is 2.53 bits per heavy atom. The number of fused-ring (bicyclic) bond motifs is 1. The lowest BCUT2D eigenvalue weighted by Crippen LogP contribution is -2.39. The Balaban J connectivity index is 1.27. The summed E-state index contributed by atoms with van der Waals surface area (Å²) in [4.78, 5) is 16.5. The lowest BCUT2D eigenvalue weighted by Gasteiger charge is -2.41. The predicted octanol–water partition coefficient (Wildman–Crippen LogP) is 7.10. The number of hydrogen-bond donors (Lipinski definition) is 2. The Bertz CT molecular complexity index is 1770. The fourth-order valence-corrected chi connectivity index (χ4v) is 5.76. The molecule has 230 valence electrons. The molecule has 6 rings (SSSR count). The van der Waals surface area contributed by atoms with Crippen LogP contribution in [0.25, 0.3) is 22.2 Å². The molecule has 5 aromatic rings. The highest BCUT2D eigenvalue weighted by molar-refractivity contribution is 5.75. The Labute approximate surface area is 262 Å². The van der Waals surface area contributed by atoms with Gasteiger partial charge in [-0.1, -0.05) is 92.4 Å². The van der Waals surface area contributed by atoms with Gasteiger partial charge in [0.25, 0.3) is 0 Å². The van der Waals surface area contributed by atoms with Crippen LogP contribution < -0.4 is 5.32 Å². The van der Waals surface area contributed by atoms with Crippen molar-refractivity contribution in [3.63, 3.8) is 0 Å². The minimum Gasteiger partial charge on any atom is -0.445 e. The normalized spacial score (nSPS) is 19.7. The second-order valence-electron chi connectivity index (χ2n) is 11.3. The van der Waals surface area contributed by atoms with E-state index in [0.717, 1.165) is 44.4 Å². The number of benzene rings is 4. The van der Waals surface area contributed by atoms with E-state index in [4.69, 9.17) is 14.2 Å². The van der Waals surface area contributed by atoms with Crippen LogP contribution in [-0.2, 0) is 33.9 Å². The van der Waals surface area contributed by atoms with Crippen LogP contribution in [0.5, 0.6) is 0 Å². The number of nitrogens with zero attached hydrogens (tertiary/aromatic N) is 2. The number of imidazole rings is 1. The first-order chi connectivity index (χ1) is 22.0. The minimum absolute atomic E-state index is 0.00707. The zero-order chi connectivity index (χ0) is 31.2. The summed E-state index contributed by atoms with van der Waals surface area (Å²) in [6.45, 7) is 6.85. The summed E-state index contributed by atoms with van der Waals surface area (Å²) >= 11 is 0. The quantitative estimate of drug-likeness (QED) is 0.165. The van der Waals surface area contributed by atoms with Gasteiger partial charge in [0.2, 0.25) is 0 Å². The molecule has 1 amide bonds. The van der Waals surface area contributed by atoms with E-state index in [2.05, 4.69) is 52.6 Å². The fraction of sp³-hybridized carbons (Fsp3) is 0.243. The summed E-state index contributed by atoms with van der Waals surface area (Å²) in [5.41, 5.74) is 7.79. The van der Waals surface area contributed by atoms with Crippen molar-refractivity contribution >= 4 is 17.1 Å². The second-order valence-corrected chi connectivity index (χ2v) is 11.3. The number of alkyl carbamates (subject to hydrolysis) is 1. The number of carbonyl (C=O) groups is 1. The molecule has 0 radical (unpaired) electrons. The molecular weight excluding hydrogens is 566 g/mol. The first-order valence-corrected chi connectivity index (χ1v) is 15.1. The molecule has 0 spiro atoms. The van der Waals surface area contributed by atoms with E-state index >= 15 is 0 Å². The van der Waals surface area contributed by atoms with Gasteiger partial charge in [-0.05, 0) is 52.1 Å². The van der Waals surface area contributed by atoms with E-state index in [9.17, 15) is 9.90 Å². The van der Waals surface area contributed by atoms with Crippen molar-refractivity contribution in [3.8, 4) is 11.1 Å². The number of amides is 1. The third-order valence-corrected chi connectivity index (χ3v) is 8.22. The lowest BCUT2D eigenvalue weighted by atomic mass is 9.90. The van der Waals surface area contributed by atoms with Crippen LogP contribution >= 0.6 is 0 Å². The highest BCUT2D eigenvalue weighted by atomic mass is 16.7. The van der Waals surface area contributed by atoms with E-state index in [0.29, 0.717) is 13.1 Å². The SMILES string of the molecule is C=CCOC(=O)NCc1cccc(-c2cccc([C@@H]3O[C@H](Cn4cnc5ccccc54)[C@H](C)[C@H](c4ccc(CO)cc4)O3)c2)c1. The average molecular weight is 604 g/mol. The van der Waals surface area contributed by atoms with Crippen LogP contribution in [0.1, 0.15) is 41.6 Å². The van der Waals surface area contributed by atoms with Crippen molar-refractivity contribution < 1.29 is 24.1 Å². The molecule has 1 aliphatic heterocycles. The summed E-state index contributed by atoms with van der Waals surface area (Å²) in [5, 5.41) is 12.4. The van der Waals surface area contributed by atoms with Gasteiger partial charge in [-0.3, -0.25) is 0 Å². The summed E-state index contributed by atoms with van der Waals surface area (Å²) in [5.74, 6) is 0.0351. The number of nitrogens with one attached hydrogen (secondary N) is 1. The predicted molar refractivity (Wildman–Crippen MR) is 173 cm³/mol. The van der Waals surface area contributed by atoms with Gasteiger partial charge >= 0.3 is 6.09 Å². The van der Waals surface area contributed by atoms with Gasteiger partial charge in [0.15, 0.2) is 6.29 Å². The Morgan fingerprint density at radius 2 is 1.73 bits per heavy atom. The topological polar surface area (TPSA) is 94.8 Å². The summed E-state index contributed by atoms with van der Waals surface area (Å²) in [7, 11) is 0. The molecule has 1 aliphatic rings. The van der Waals surface area contributed by atoms with Crippen molar-refractivity contribution in [2.24, 2.45) is 5.92 Å². The zero-order valence-corrected chi connectivity index (χ0v) is 25.2. The monoisotopic (exact) mass is 603 g/mol. The van der Waals surface area contributed by atoms with Crippen LogP contribution in [0.2, 0.25) is 0 Å². The number of hydrogen-bond acceptors (Lipinski definition) is 6. The maximum absolute atomic E-state index is 11.9. The number of para-hydroxylation sites is 2. The first-order valence-electron chi connectivity index (χ1n) is 15.1. The molecule has 0 saturated carbocycles. The Hall–Kier alpha value is -4.76. The average Bonchev–Trinajstić information content (AvgIpc) is 3.50. The van der Waals surface area contributed by atoms with Crippen LogP contribution in [-0.4, -0.2) is 33.5 Å².